The Kier molecular flexibility index (Phi) is 3.80. The second-order valence-electron chi connectivity index (χ2n) is 5.01. The number of hydrogen-bond donors (Lipinski definition) is 1. The van der Waals surface area contributed by atoms with E-state index in [9.17, 15) is 19.8 Å². The zero-order chi connectivity index (χ0) is 16.8. The Morgan fingerprint density at radius 3 is 2.57 bits per heavy atom. The maximum Gasteiger partial charge on any atom is 0.376 e. The maximum absolute atomic E-state index is 13.1. The molecule has 0 amide bonds. The van der Waals surface area contributed by atoms with E-state index in [0.29, 0.717) is 16.3 Å². The zero-order valence-corrected chi connectivity index (χ0v) is 13.6. The van der Waals surface area contributed by atoms with Crippen LogP contribution in [0.3, 0.4) is 0 Å². The molecule has 0 aliphatic carbocycles. The van der Waals surface area contributed by atoms with E-state index in [4.69, 9.17) is 16.1 Å². The van der Waals surface area contributed by atoms with E-state index in [1.807, 2.05) is 0 Å². The molecular formula is C14H12ClN2O5P. The van der Waals surface area contributed by atoms with Gasteiger partial charge in [-0.05, 0) is 23.8 Å². The molecule has 2 aromatic rings. The Hall–Kier alpha value is -2.08. The highest BCUT2D eigenvalue weighted by atomic mass is 35.5. The van der Waals surface area contributed by atoms with Crippen LogP contribution in [0.15, 0.2) is 42.5 Å². The third-order valence-corrected chi connectivity index (χ3v) is 6.30. The third kappa shape index (κ3) is 2.57. The van der Waals surface area contributed by atoms with Gasteiger partial charge in [-0.1, -0.05) is 23.7 Å². The molecule has 23 heavy (non-hydrogen) atoms. The smallest absolute Gasteiger partial charge is 0.376 e. The van der Waals surface area contributed by atoms with Crippen molar-refractivity contribution < 1.29 is 19.1 Å². The number of nitro groups is 1. The molecule has 1 N–H and O–H groups in total. The van der Waals surface area contributed by atoms with Gasteiger partial charge in [0.05, 0.1) is 10.6 Å². The van der Waals surface area contributed by atoms with Gasteiger partial charge in [-0.15, -0.1) is 0 Å². The quantitative estimate of drug-likeness (QED) is 0.509. The van der Waals surface area contributed by atoms with Crippen LogP contribution < -0.4 is 9.19 Å². The average Bonchev–Trinajstić information content (AvgIpc) is 2.79. The fourth-order valence-corrected chi connectivity index (χ4v) is 4.46. The molecule has 0 saturated heterocycles. The maximum atomic E-state index is 13.1. The molecule has 3 rings (SSSR count). The van der Waals surface area contributed by atoms with Crippen molar-refractivity contribution in [1.29, 1.82) is 0 Å². The van der Waals surface area contributed by atoms with Gasteiger partial charge in [0.25, 0.3) is 5.69 Å². The molecule has 0 fully saturated rings. The molecule has 1 aliphatic rings. The van der Waals surface area contributed by atoms with Gasteiger partial charge >= 0.3 is 7.52 Å². The molecule has 0 bridgehead atoms. The number of fused-ring (bicyclic) bond motifs is 1. The van der Waals surface area contributed by atoms with E-state index in [0.717, 1.165) is 0 Å². The van der Waals surface area contributed by atoms with E-state index < -0.39 is 18.3 Å². The first-order valence-electron chi connectivity index (χ1n) is 6.58. The SMILES string of the molecule is CN1c2cc([N+](=O)[O-])ccc2OP1(=O)C(O)c1ccc(Cl)cc1. The predicted octanol–water partition coefficient (Wildman–Crippen LogP) is 3.96. The molecule has 0 aromatic heterocycles. The highest BCUT2D eigenvalue weighted by molar-refractivity contribution is 7.61. The minimum atomic E-state index is -3.70. The van der Waals surface area contributed by atoms with Crippen LogP contribution in [0, 0.1) is 10.1 Å². The van der Waals surface area contributed by atoms with E-state index in [1.54, 1.807) is 24.3 Å². The summed E-state index contributed by atoms with van der Waals surface area (Å²) in [5.41, 5.74) is 0.538. The van der Waals surface area contributed by atoms with Crippen LogP contribution in [0.25, 0.3) is 0 Å². The van der Waals surface area contributed by atoms with Crippen LogP contribution in [0.5, 0.6) is 5.75 Å². The predicted molar refractivity (Wildman–Crippen MR) is 86.1 cm³/mol. The first-order valence-corrected chi connectivity index (χ1v) is 8.61. The lowest BCUT2D eigenvalue weighted by atomic mass is 10.2. The third-order valence-electron chi connectivity index (χ3n) is 3.63. The second-order valence-corrected chi connectivity index (χ2v) is 7.85. The van der Waals surface area contributed by atoms with E-state index in [-0.39, 0.29) is 11.4 Å². The summed E-state index contributed by atoms with van der Waals surface area (Å²) in [6, 6.07) is 10.1. The number of anilines is 1. The Morgan fingerprint density at radius 1 is 1.30 bits per heavy atom. The van der Waals surface area contributed by atoms with Crippen molar-refractivity contribution in [2.45, 2.75) is 5.85 Å². The zero-order valence-electron chi connectivity index (χ0n) is 11.9. The van der Waals surface area contributed by atoms with Gasteiger partial charge in [0.2, 0.25) is 0 Å². The Balaban J connectivity index is 1.99. The van der Waals surface area contributed by atoms with E-state index >= 15 is 0 Å². The number of hydrogen-bond acceptors (Lipinski definition) is 5. The normalized spacial score (nSPS) is 20.7. The summed E-state index contributed by atoms with van der Waals surface area (Å²) < 4.78 is 19.8. The first-order chi connectivity index (χ1) is 10.8. The molecule has 7 nitrogen and oxygen atoms in total. The summed E-state index contributed by atoms with van der Waals surface area (Å²) in [6.45, 7) is 0. The molecule has 9 heteroatoms. The molecule has 2 aromatic carbocycles. The number of aliphatic hydroxyl groups excluding tert-OH is 1. The largest absolute Gasteiger partial charge is 0.425 e. The fraction of sp³-hybridized carbons (Fsp3) is 0.143. The lowest BCUT2D eigenvalue weighted by Gasteiger charge is -2.25. The van der Waals surface area contributed by atoms with Gasteiger partial charge < -0.3 is 9.63 Å². The van der Waals surface area contributed by atoms with Gasteiger partial charge in [-0.3, -0.25) is 19.3 Å². The van der Waals surface area contributed by atoms with Gasteiger partial charge in [-0.2, -0.15) is 0 Å². The molecule has 1 aliphatic heterocycles. The van der Waals surface area contributed by atoms with Crippen LogP contribution in [0.2, 0.25) is 5.02 Å². The summed E-state index contributed by atoms with van der Waals surface area (Å²) >= 11 is 5.80. The lowest BCUT2D eigenvalue weighted by molar-refractivity contribution is -0.384. The van der Waals surface area contributed by atoms with E-state index in [2.05, 4.69) is 0 Å². The number of nitrogens with zero attached hydrogens (tertiary/aromatic N) is 2. The van der Waals surface area contributed by atoms with Crippen LogP contribution >= 0.6 is 19.1 Å². The summed E-state index contributed by atoms with van der Waals surface area (Å²) in [5, 5.41) is 21.8. The van der Waals surface area contributed by atoms with Crippen molar-refractivity contribution in [3.8, 4) is 5.75 Å². The number of benzene rings is 2. The Morgan fingerprint density at radius 2 is 1.96 bits per heavy atom. The standard InChI is InChI=1S/C14H12ClN2O5P/c1-16-12-8-11(17(19)20)6-7-13(12)22-23(16,21)14(18)9-2-4-10(15)5-3-9/h2-8,14,18H,1H3. The average molecular weight is 355 g/mol. The number of aliphatic hydroxyl groups is 1. The summed E-state index contributed by atoms with van der Waals surface area (Å²) in [4.78, 5) is 10.3. The van der Waals surface area contributed by atoms with Gasteiger partial charge in [0.15, 0.2) is 11.6 Å². The van der Waals surface area contributed by atoms with Crippen molar-refractivity contribution >= 4 is 30.5 Å². The van der Waals surface area contributed by atoms with Crippen LogP contribution in [0.1, 0.15) is 11.4 Å². The van der Waals surface area contributed by atoms with Gasteiger partial charge in [-0.25, -0.2) is 0 Å². The summed E-state index contributed by atoms with van der Waals surface area (Å²) in [6.07, 6.45) is 0. The molecular weight excluding hydrogens is 343 g/mol. The number of nitro benzene ring substituents is 1. The molecule has 120 valence electrons. The first kappa shape index (κ1) is 15.8. The Labute approximate surface area is 136 Å². The van der Waals surface area contributed by atoms with Crippen molar-refractivity contribution in [2.24, 2.45) is 0 Å². The lowest BCUT2D eigenvalue weighted by Crippen LogP contribution is -2.16. The van der Waals surface area contributed by atoms with Crippen molar-refractivity contribution in [3.63, 3.8) is 0 Å². The van der Waals surface area contributed by atoms with Gasteiger partial charge in [0, 0.05) is 24.2 Å². The monoisotopic (exact) mass is 354 g/mol. The molecule has 0 radical (unpaired) electrons. The Bertz CT molecular complexity index is 826. The molecule has 2 atom stereocenters. The van der Waals surface area contributed by atoms with Crippen molar-refractivity contribution in [3.05, 3.63) is 63.2 Å². The van der Waals surface area contributed by atoms with E-state index in [1.165, 1.54) is 29.9 Å². The molecule has 0 saturated carbocycles. The highest BCUT2D eigenvalue weighted by Gasteiger charge is 2.47. The van der Waals surface area contributed by atoms with Crippen molar-refractivity contribution in [2.75, 3.05) is 11.7 Å². The minimum absolute atomic E-state index is 0.145. The van der Waals surface area contributed by atoms with Crippen LogP contribution in [0.4, 0.5) is 11.4 Å². The second kappa shape index (κ2) is 5.53. The van der Waals surface area contributed by atoms with Crippen molar-refractivity contribution in [1.82, 2.24) is 0 Å². The number of non-ortho nitro benzene ring substituents is 1. The summed E-state index contributed by atoms with van der Waals surface area (Å²) in [5.74, 6) is -1.18. The molecule has 1 heterocycles. The van der Waals surface area contributed by atoms with Crippen LogP contribution in [-0.4, -0.2) is 17.1 Å². The molecule has 2 unspecified atom stereocenters. The number of rotatable bonds is 3. The molecule has 0 spiro atoms. The van der Waals surface area contributed by atoms with Crippen LogP contribution in [-0.2, 0) is 4.57 Å². The van der Waals surface area contributed by atoms with Gasteiger partial charge in [0.1, 0.15) is 0 Å². The summed E-state index contributed by atoms with van der Waals surface area (Å²) in [7, 11) is -2.23. The fourth-order valence-electron chi connectivity index (χ4n) is 2.34. The highest BCUT2D eigenvalue weighted by Crippen LogP contribution is 2.68. The minimum Gasteiger partial charge on any atom is -0.425 e. The number of halogens is 1. The topological polar surface area (TPSA) is 92.9 Å².